The summed E-state index contributed by atoms with van der Waals surface area (Å²) in [7, 11) is 0. The number of amides is 1. The normalized spacial score (nSPS) is 11.1. The van der Waals surface area contributed by atoms with Crippen LogP contribution in [0.25, 0.3) is 21.9 Å². The van der Waals surface area contributed by atoms with E-state index in [9.17, 15) is 9.59 Å². The first-order chi connectivity index (χ1) is 12.1. The Morgan fingerprint density at radius 3 is 3.00 bits per heavy atom. The molecule has 0 saturated carbocycles. The summed E-state index contributed by atoms with van der Waals surface area (Å²) in [6.45, 7) is 1.50. The van der Waals surface area contributed by atoms with Gasteiger partial charge in [0, 0.05) is 12.6 Å². The number of benzene rings is 1. The second-order valence-corrected chi connectivity index (χ2v) is 6.22. The lowest BCUT2D eigenvalue weighted by Crippen LogP contribution is -2.25. The summed E-state index contributed by atoms with van der Waals surface area (Å²) < 4.78 is 11.5. The Morgan fingerprint density at radius 1 is 1.32 bits per heavy atom. The van der Waals surface area contributed by atoms with Gasteiger partial charge in [0.05, 0.1) is 4.88 Å². The Morgan fingerprint density at radius 2 is 2.20 bits per heavy atom. The van der Waals surface area contributed by atoms with Gasteiger partial charge < -0.3 is 14.2 Å². The van der Waals surface area contributed by atoms with Gasteiger partial charge in [-0.05, 0) is 29.6 Å². The zero-order chi connectivity index (χ0) is 17.4. The number of oxazole rings is 1. The average Bonchev–Trinajstić information content (AvgIpc) is 3.27. The van der Waals surface area contributed by atoms with Gasteiger partial charge in [-0.2, -0.15) is 4.68 Å². The number of carbonyl (C=O) groups is 1. The molecular weight excluding hydrogens is 344 g/mol. The van der Waals surface area contributed by atoms with Crippen LogP contribution in [0.1, 0.15) is 5.89 Å². The molecule has 0 aliphatic heterocycles. The maximum atomic E-state index is 12.2. The number of anilines is 1. The number of hydrogen-bond donors (Lipinski definition) is 1. The highest BCUT2D eigenvalue weighted by atomic mass is 32.1. The fourth-order valence-corrected chi connectivity index (χ4v) is 3.01. The van der Waals surface area contributed by atoms with E-state index in [4.69, 9.17) is 8.83 Å². The van der Waals surface area contributed by atoms with Crippen LogP contribution in [-0.4, -0.2) is 20.7 Å². The molecule has 0 aliphatic carbocycles. The fourth-order valence-electron chi connectivity index (χ4n) is 2.36. The van der Waals surface area contributed by atoms with E-state index in [1.807, 2.05) is 11.4 Å². The molecule has 0 fully saturated rings. The lowest BCUT2D eigenvalue weighted by Gasteiger charge is -2.03. The number of fused-ring (bicyclic) bond motifs is 1. The summed E-state index contributed by atoms with van der Waals surface area (Å²) >= 11 is 1.40. The monoisotopic (exact) mass is 356 g/mol. The van der Waals surface area contributed by atoms with Crippen LogP contribution in [0.4, 0.5) is 5.69 Å². The summed E-state index contributed by atoms with van der Waals surface area (Å²) in [5.74, 6) is -0.324. The Kier molecular flexibility index (Phi) is 3.69. The van der Waals surface area contributed by atoms with E-state index in [-0.39, 0.29) is 12.4 Å². The third-order valence-corrected chi connectivity index (χ3v) is 4.27. The number of carbonyl (C=O) groups excluding carboxylic acids is 1. The first-order valence-corrected chi connectivity index (χ1v) is 8.25. The van der Waals surface area contributed by atoms with Crippen molar-refractivity contribution in [2.75, 3.05) is 5.32 Å². The van der Waals surface area contributed by atoms with Crippen molar-refractivity contribution in [2.24, 2.45) is 0 Å². The molecule has 3 aromatic heterocycles. The van der Waals surface area contributed by atoms with Crippen molar-refractivity contribution in [3.63, 3.8) is 0 Å². The second kappa shape index (κ2) is 6.02. The standard InChI is InChI=1S/C16H12N4O4S/c1-9-17-11-7-10(4-5-12(11)23-9)18-14(21)8-20-16(22)24-15(19-20)13-3-2-6-25-13/h2-7H,8H2,1H3,(H,18,21). The first-order valence-electron chi connectivity index (χ1n) is 7.37. The third-order valence-electron chi connectivity index (χ3n) is 3.41. The van der Waals surface area contributed by atoms with Crippen LogP contribution in [0.5, 0.6) is 0 Å². The van der Waals surface area contributed by atoms with E-state index in [1.165, 1.54) is 11.3 Å². The molecule has 0 radical (unpaired) electrons. The predicted octanol–water partition coefficient (Wildman–Crippen LogP) is 2.65. The Hall–Kier alpha value is -3.20. The molecule has 0 atom stereocenters. The van der Waals surface area contributed by atoms with E-state index >= 15 is 0 Å². The van der Waals surface area contributed by atoms with E-state index < -0.39 is 11.7 Å². The largest absolute Gasteiger partial charge is 0.441 e. The van der Waals surface area contributed by atoms with Gasteiger partial charge in [0.15, 0.2) is 11.5 Å². The second-order valence-electron chi connectivity index (χ2n) is 5.27. The van der Waals surface area contributed by atoms with Gasteiger partial charge in [0.1, 0.15) is 12.1 Å². The summed E-state index contributed by atoms with van der Waals surface area (Å²) in [6.07, 6.45) is 0. The number of nitrogens with one attached hydrogen (secondary N) is 1. The maximum absolute atomic E-state index is 12.2. The summed E-state index contributed by atoms with van der Waals surface area (Å²) in [5.41, 5.74) is 1.85. The third kappa shape index (κ3) is 3.09. The average molecular weight is 356 g/mol. The Balaban J connectivity index is 1.50. The van der Waals surface area contributed by atoms with Crippen molar-refractivity contribution < 1.29 is 13.6 Å². The molecule has 0 aliphatic rings. The van der Waals surface area contributed by atoms with E-state index in [1.54, 1.807) is 31.2 Å². The molecule has 1 aromatic carbocycles. The highest BCUT2D eigenvalue weighted by Crippen LogP contribution is 2.21. The number of hydrogen-bond acceptors (Lipinski definition) is 7. The van der Waals surface area contributed by atoms with Crippen LogP contribution in [0, 0.1) is 6.92 Å². The Bertz CT molecular complexity index is 1110. The van der Waals surface area contributed by atoms with Crippen molar-refractivity contribution in [3.05, 3.63) is 52.2 Å². The molecule has 8 nitrogen and oxygen atoms in total. The van der Waals surface area contributed by atoms with Crippen LogP contribution < -0.4 is 11.1 Å². The van der Waals surface area contributed by atoms with Gasteiger partial charge in [0.2, 0.25) is 5.91 Å². The molecule has 3 heterocycles. The van der Waals surface area contributed by atoms with Crippen molar-refractivity contribution >= 4 is 34.0 Å². The minimum atomic E-state index is -0.680. The summed E-state index contributed by atoms with van der Waals surface area (Å²) in [5, 5.41) is 8.60. The zero-order valence-electron chi connectivity index (χ0n) is 13.1. The minimum absolute atomic E-state index is 0.201. The van der Waals surface area contributed by atoms with Crippen LogP contribution >= 0.6 is 11.3 Å². The SMILES string of the molecule is Cc1nc2cc(NC(=O)Cn3nc(-c4cccs4)oc3=O)ccc2o1. The number of aryl methyl sites for hydroxylation is 1. The molecule has 4 aromatic rings. The van der Waals surface area contributed by atoms with Gasteiger partial charge in [0.25, 0.3) is 5.89 Å². The molecule has 4 rings (SSSR count). The summed E-state index contributed by atoms with van der Waals surface area (Å²) in [6, 6.07) is 8.74. The number of rotatable bonds is 4. The van der Waals surface area contributed by atoms with E-state index in [0.717, 1.165) is 9.56 Å². The molecule has 1 N–H and O–H groups in total. The van der Waals surface area contributed by atoms with Gasteiger partial charge >= 0.3 is 5.76 Å². The molecule has 0 bridgehead atoms. The van der Waals surface area contributed by atoms with Crippen molar-refractivity contribution in [1.82, 2.24) is 14.8 Å². The van der Waals surface area contributed by atoms with E-state index in [2.05, 4.69) is 15.4 Å². The smallest absolute Gasteiger partial charge is 0.437 e. The topological polar surface area (TPSA) is 103 Å². The van der Waals surface area contributed by atoms with Gasteiger partial charge in [-0.3, -0.25) is 4.79 Å². The fraction of sp³-hybridized carbons (Fsp3) is 0.125. The van der Waals surface area contributed by atoms with Crippen LogP contribution in [0.2, 0.25) is 0 Å². The minimum Gasteiger partial charge on any atom is -0.441 e. The molecule has 0 spiro atoms. The molecule has 126 valence electrons. The zero-order valence-corrected chi connectivity index (χ0v) is 13.9. The maximum Gasteiger partial charge on any atom is 0.437 e. The lowest BCUT2D eigenvalue weighted by molar-refractivity contribution is -0.117. The summed E-state index contributed by atoms with van der Waals surface area (Å²) in [4.78, 5) is 29.0. The quantitative estimate of drug-likeness (QED) is 0.603. The molecular formula is C16H12N4O4S. The molecule has 9 heteroatoms. The Labute approximate surface area is 144 Å². The number of thiophene rings is 1. The molecule has 0 saturated heterocycles. The van der Waals surface area contributed by atoms with Gasteiger partial charge in [-0.15, -0.1) is 16.4 Å². The van der Waals surface area contributed by atoms with E-state index in [0.29, 0.717) is 22.7 Å². The molecule has 25 heavy (non-hydrogen) atoms. The lowest BCUT2D eigenvalue weighted by atomic mass is 10.3. The molecule has 0 unspecified atom stereocenters. The highest BCUT2D eigenvalue weighted by molar-refractivity contribution is 7.13. The van der Waals surface area contributed by atoms with Gasteiger partial charge in [-0.1, -0.05) is 6.07 Å². The predicted molar refractivity (Wildman–Crippen MR) is 91.5 cm³/mol. The van der Waals surface area contributed by atoms with Crippen LogP contribution in [0.15, 0.2) is 49.3 Å². The van der Waals surface area contributed by atoms with Crippen molar-refractivity contribution in [1.29, 1.82) is 0 Å². The van der Waals surface area contributed by atoms with Crippen LogP contribution in [-0.2, 0) is 11.3 Å². The number of aromatic nitrogens is 3. The van der Waals surface area contributed by atoms with Crippen molar-refractivity contribution in [3.8, 4) is 10.8 Å². The van der Waals surface area contributed by atoms with Gasteiger partial charge in [-0.25, -0.2) is 9.78 Å². The van der Waals surface area contributed by atoms with Crippen molar-refractivity contribution in [2.45, 2.75) is 13.5 Å². The number of nitrogens with zero attached hydrogens (tertiary/aromatic N) is 3. The first kappa shape index (κ1) is 15.3. The highest BCUT2D eigenvalue weighted by Gasteiger charge is 2.14. The van der Waals surface area contributed by atoms with Crippen LogP contribution in [0.3, 0.4) is 0 Å². The molecule has 1 amide bonds.